The van der Waals surface area contributed by atoms with Gasteiger partial charge in [-0.3, -0.25) is 4.79 Å². The third-order valence-corrected chi connectivity index (χ3v) is 2.07. The van der Waals surface area contributed by atoms with E-state index in [0.717, 1.165) is 0 Å². The molecule has 0 atom stereocenters. The van der Waals surface area contributed by atoms with Crippen molar-refractivity contribution >= 4 is 17.7 Å². The molecule has 0 unspecified atom stereocenters. The van der Waals surface area contributed by atoms with Crippen LogP contribution in [0.3, 0.4) is 0 Å². The lowest BCUT2D eigenvalue weighted by Crippen LogP contribution is -2.29. The second-order valence-corrected chi connectivity index (χ2v) is 4.10. The Kier molecular flexibility index (Phi) is 4.26. The largest absolute Gasteiger partial charge is 0.465 e. The zero-order valence-corrected chi connectivity index (χ0v) is 8.03. The molecule has 0 aromatic carbocycles. The second-order valence-electron chi connectivity index (χ2n) is 2.52. The minimum Gasteiger partial charge on any atom is -0.465 e. The number of hydrogen-bond donors (Lipinski definition) is 0. The van der Waals surface area contributed by atoms with Gasteiger partial charge >= 0.3 is 5.97 Å². The van der Waals surface area contributed by atoms with E-state index in [1.165, 1.54) is 11.8 Å². The van der Waals surface area contributed by atoms with E-state index >= 15 is 0 Å². The Morgan fingerprint density at radius 1 is 1.73 bits per heavy atom. The molecule has 0 rings (SSSR count). The van der Waals surface area contributed by atoms with E-state index in [1.54, 1.807) is 12.3 Å². The highest BCUT2D eigenvalue weighted by Crippen LogP contribution is 2.25. The van der Waals surface area contributed by atoms with Gasteiger partial charge in [-0.05, 0) is 26.2 Å². The second kappa shape index (κ2) is 4.44. The Balaban J connectivity index is 4.05. The number of thioether (sulfide) groups is 1. The molecular weight excluding hydrogens is 160 g/mol. The Morgan fingerprint density at radius 3 is 2.64 bits per heavy atom. The van der Waals surface area contributed by atoms with E-state index in [9.17, 15) is 4.79 Å². The molecular formula is C8H14O2S. The SMILES string of the molecule is C=CSC(C)(C)C(=O)OCC. The lowest BCUT2D eigenvalue weighted by Gasteiger charge is -2.18. The fourth-order valence-electron chi connectivity index (χ4n) is 0.561. The van der Waals surface area contributed by atoms with Crippen LogP contribution in [0.25, 0.3) is 0 Å². The summed E-state index contributed by atoms with van der Waals surface area (Å²) in [4.78, 5) is 11.2. The normalized spacial score (nSPS) is 10.8. The van der Waals surface area contributed by atoms with Crippen LogP contribution in [0.15, 0.2) is 12.0 Å². The molecule has 11 heavy (non-hydrogen) atoms. The third kappa shape index (κ3) is 3.46. The van der Waals surface area contributed by atoms with E-state index in [0.29, 0.717) is 6.61 Å². The van der Waals surface area contributed by atoms with Gasteiger partial charge in [-0.1, -0.05) is 6.58 Å². The average Bonchev–Trinajstić information content (AvgIpc) is 1.88. The number of rotatable bonds is 4. The molecule has 0 bridgehead atoms. The molecule has 0 aliphatic carbocycles. The van der Waals surface area contributed by atoms with Crippen molar-refractivity contribution in [3.63, 3.8) is 0 Å². The molecule has 0 aliphatic heterocycles. The summed E-state index contributed by atoms with van der Waals surface area (Å²) in [6.07, 6.45) is 0. The Bertz CT molecular complexity index is 152. The minimum atomic E-state index is -0.502. The van der Waals surface area contributed by atoms with Crippen LogP contribution in [0.1, 0.15) is 20.8 Å². The Labute approximate surface area is 72.0 Å². The van der Waals surface area contributed by atoms with Gasteiger partial charge in [0.05, 0.1) is 6.61 Å². The highest BCUT2D eigenvalue weighted by atomic mass is 32.2. The van der Waals surface area contributed by atoms with Crippen molar-refractivity contribution in [3.05, 3.63) is 12.0 Å². The van der Waals surface area contributed by atoms with Crippen LogP contribution in [0.5, 0.6) is 0 Å². The molecule has 0 amide bonds. The van der Waals surface area contributed by atoms with E-state index < -0.39 is 4.75 Å². The number of esters is 1. The summed E-state index contributed by atoms with van der Waals surface area (Å²) in [5.74, 6) is -0.190. The molecule has 3 heteroatoms. The van der Waals surface area contributed by atoms with Crippen LogP contribution in [0.4, 0.5) is 0 Å². The van der Waals surface area contributed by atoms with E-state index in [4.69, 9.17) is 4.74 Å². The molecule has 0 heterocycles. The van der Waals surface area contributed by atoms with E-state index in [1.807, 2.05) is 13.8 Å². The third-order valence-electron chi connectivity index (χ3n) is 1.14. The first-order valence-electron chi connectivity index (χ1n) is 3.50. The number of hydrogen-bond acceptors (Lipinski definition) is 3. The highest BCUT2D eigenvalue weighted by Gasteiger charge is 2.28. The van der Waals surface area contributed by atoms with Gasteiger partial charge < -0.3 is 4.74 Å². The van der Waals surface area contributed by atoms with Crippen LogP contribution in [0.2, 0.25) is 0 Å². The molecule has 0 aromatic heterocycles. The maximum atomic E-state index is 11.2. The number of carbonyl (C=O) groups excluding carboxylic acids is 1. The zero-order chi connectivity index (χ0) is 8.91. The number of carbonyl (C=O) groups is 1. The van der Waals surface area contributed by atoms with Crippen molar-refractivity contribution in [1.29, 1.82) is 0 Å². The first-order chi connectivity index (χ1) is 5.04. The summed E-state index contributed by atoms with van der Waals surface area (Å²) >= 11 is 1.37. The summed E-state index contributed by atoms with van der Waals surface area (Å²) in [7, 11) is 0. The maximum absolute atomic E-state index is 11.2. The monoisotopic (exact) mass is 174 g/mol. The first-order valence-corrected chi connectivity index (χ1v) is 4.38. The smallest absolute Gasteiger partial charge is 0.321 e. The fourth-order valence-corrected chi connectivity index (χ4v) is 1.13. The molecule has 0 aliphatic rings. The van der Waals surface area contributed by atoms with Gasteiger partial charge in [0.15, 0.2) is 0 Å². The van der Waals surface area contributed by atoms with Crippen LogP contribution < -0.4 is 0 Å². The molecule has 2 nitrogen and oxygen atoms in total. The topological polar surface area (TPSA) is 26.3 Å². The molecule has 0 spiro atoms. The van der Waals surface area contributed by atoms with E-state index in [2.05, 4.69) is 6.58 Å². The van der Waals surface area contributed by atoms with E-state index in [-0.39, 0.29) is 5.97 Å². The van der Waals surface area contributed by atoms with Crippen molar-refractivity contribution in [2.75, 3.05) is 6.61 Å². The molecule has 0 saturated heterocycles. The Hall–Kier alpha value is -0.440. The molecule has 0 aromatic rings. The molecule has 0 N–H and O–H groups in total. The molecule has 0 radical (unpaired) electrons. The van der Waals surface area contributed by atoms with Gasteiger partial charge in [-0.2, -0.15) is 0 Å². The predicted molar refractivity (Wildman–Crippen MR) is 48.5 cm³/mol. The van der Waals surface area contributed by atoms with Crippen molar-refractivity contribution < 1.29 is 9.53 Å². The lowest BCUT2D eigenvalue weighted by molar-refractivity contribution is -0.145. The van der Waals surface area contributed by atoms with Crippen LogP contribution in [-0.4, -0.2) is 17.3 Å². The van der Waals surface area contributed by atoms with Crippen LogP contribution >= 0.6 is 11.8 Å². The zero-order valence-electron chi connectivity index (χ0n) is 7.22. The standard InChI is InChI=1S/C8H14O2S/c1-5-10-7(9)8(3,4)11-6-2/h6H,2,5H2,1,3-4H3. The lowest BCUT2D eigenvalue weighted by atomic mass is 10.2. The van der Waals surface area contributed by atoms with Gasteiger partial charge in [0.1, 0.15) is 4.75 Å². The summed E-state index contributed by atoms with van der Waals surface area (Å²) in [6, 6.07) is 0. The van der Waals surface area contributed by atoms with Gasteiger partial charge in [0.2, 0.25) is 0 Å². The minimum absolute atomic E-state index is 0.190. The summed E-state index contributed by atoms with van der Waals surface area (Å²) in [6.45, 7) is 9.41. The van der Waals surface area contributed by atoms with Gasteiger partial charge in [0, 0.05) is 0 Å². The highest BCUT2D eigenvalue weighted by molar-refractivity contribution is 8.04. The van der Waals surface area contributed by atoms with Crippen molar-refractivity contribution in [2.45, 2.75) is 25.5 Å². The van der Waals surface area contributed by atoms with Gasteiger partial charge in [-0.15, -0.1) is 11.8 Å². The quantitative estimate of drug-likeness (QED) is 0.611. The first kappa shape index (κ1) is 10.6. The van der Waals surface area contributed by atoms with Crippen molar-refractivity contribution in [1.82, 2.24) is 0 Å². The van der Waals surface area contributed by atoms with Crippen LogP contribution in [-0.2, 0) is 9.53 Å². The Morgan fingerprint density at radius 2 is 2.27 bits per heavy atom. The average molecular weight is 174 g/mol. The molecule has 0 fully saturated rings. The van der Waals surface area contributed by atoms with Gasteiger partial charge in [0.25, 0.3) is 0 Å². The summed E-state index contributed by atoms with van der Waals surface area (Å²) < 4.78 is 4.35. The van der Waals surface area contributed by atoms with Crippen molar-refractivity contribution in [2.24, 2.45) is 0 Å². The summed E-state index contributed by atoms with van der Waals surface area (Å²) in [5, 5.41) is 1.65. The molecule has 64 valence electrons. The van der Waals surface area contributed by atoms with Crippen LogP contribution in [0, 0.1) is 0 Å². The predicted octanol–water partition coefficient (Wildman–Crippen LogP) is 2.20. The fraction of sp³-hybridized carbons (Fsp3) is 0.625. The van der Waals surface area contributed by atoms with Crippen molar-refractivity contribution in [3.8, 4) is 0 Å². The van der Waals surface area contributed by atoms with Gasteiger partial charge in [-0.25, -0.2) is 0 Å². The number of ether oxygens (including phenoxy) is 1. The maximum Gasteiger partial charge on any atom is 0.321 e. The molecule has 0 saturated carbocycles. The summed E-state index contributed by atoms with van der Waals surface area (Å²) in [5.41, 5.74) is 0.